The number of halogens is 2. The van der Waals surface area contributed by atoms with E-state index in [1.54, 1.807) is 11.0 Å². The number of anilines is 1. The molecule has 0 fully saturated rings. The van der Waals surface area contributed by atoms with Gasteiger partial charge in [-0.15, -0.1) is 0 Å². The van der Waals surface area contributed by atoms with Crippen LogP contribution in [0.5, 0.6) is 0 Å². The first-order valence-corrected chi connectivity index (χ1v) is 5.64. The molecular formula is C11H11BrFNO. The topological polar surface area (TPSA) is 20.3 Å². The molecule has 0 bridgehead atoms. The van der Waals surface area contributed by atoms with E-state index in [0.717, 1.165) is 30.5 Å². The van der Waals surface area contributed by atoms with Crippen LogP contribution in [0.1, 0.15) is 18.9 Å². The van der Waals surface area contributed by atoms with Gasteiger partial charge in [-0.1, -0.05) is 0 Å². The van der Waals surface area contributed by atoms with Crippen molar-refractivity contribution in [2.45, 2.75) is 25.8 Å². The second kappa shape index (κ2) is 3.93. The molecule has 2 nitrogen and oxygen atoms in total. The van der Waals surface area contributed by atoms with Crippen molar-refractivity contribution >= 4 is 28.0 Å². The number of carbonyl (C=O) groups excluding carboxylic acids is 1. The van der Waals surface area contributed by atoms with Gasteiger partial charge in [0.15, 0.2) is 0 Å². The number of amides is 1. The van der Waals surface area contributed by atoms with Gasteiger partial charge >= 0.3 is 0 Å². The summed E-state index contributed by atoms with van der Waals surface area (Å²) in [5.41, 5.74) is 1.72. The van der Waals surface area contributed by atoms with Crippen LogP contribution in [-0.2, 0) is 11.2 Å². The third kappa shape index (κ3) is 1.78. The molecule has 80 valence electrons. The molecule has 1 heterocycles. The van der Waals surface area contributed by atoms with E-state index in [1.165, 1.54) is 6.07 Å². The van der Waals surface area contributed by atoms with Gasteiger partial charge in [-0.25, -0.2) is 4.39 Å². The zero-order valence-electron chi connectivity index (χ0n) is 8.34. The van der Waals surface area contributed by atoms with Crippen molar-refractivity contribution in [3.8, 4) is 0 Å². The summed E-state index contributed by atoms with van der Waals surface area (Å²) in [5, 5.41) is 0. The van der Waals surface area contributed by atoms with Gasteiger partial charge in [-0.05, 0) is 53.4 Å². The number of hydrogen-bond donors (Lipinski definition) is 0. The number of fused-ring (bicyclic) bond motifs is 1. The maximum Gasteiger partial charge on any atom is 0.214 e. The second-order valence-electron chi connectivity index (χ2n) is 3.80. The average Bonchev–Trinajstić information content (AvgIpc) is 2.21. The second-order valence-corrected chi connectivity index (χ2v) is 4.65. The van der Waals surface area contributed by atoms with Crippen molar-refractivity contribution in [1.82, 2.24) is 0 Å². The molecule has 1 aromatic rings. The standard InChI is InChI=1S/C11H11BrFNO/c1-7-2-3-8-4-10(13)9(12)5-11(8)14(7)6-15/h4-7H,2-3H2,1H3. The summed E-state index contributed by atoms with van der Waals surface area (Å²) in [6, 6.07) is 3.36. The van der Waals surface area contributed by atoms with Crippen LogP contribution in [0.4, 0.5) is 10.1 Å². The summed E-state index contributed by atoms with van der Waals surface area (Å²) >= 11 is 3.13. The fourth-order valence-corrected chi connectivity index (χ4v) is 2.25. The van der Waals surface area contributed by atoms with Crippen molar-refractivity contribution in [3.63, 3.8) is 0 Å². The van der Waals surface area contributed by atoms with Crippen LogP contribution in [-0.4, -0.2) is 12.5 Å². The fraction of sp³-hybridized carbons (Fsp3) is 0.364. The highest BCUT2D eigenvalue weighted by Crippen LogP contribution is 2.33. The summed E-state index contributed by atoms with van der Waals surface area (Å²) in [4.78, 5) is 12.6. The molecule has 0 radical (unpaired) electrons. The van der Waals surface area contributed by atoms with Crippen molar-refractivity contribution in [2.75, 3.05) is 4.90 Å². The predicted molar refractivity (Wildman–Crippen MR) is 60.4 cm³/mol. The van der Waals surface area contributed by atoms with Crippen LogP contribution in [0.3, 0.4) is 0 Å². The van der Waals surface area contributed by atoms with E-state index in [0.29, 0.717) is 4.47 Å². The number of rotatable bonds is 1. The van der Waals surface area contributed by atoms with Crippen LogP contribution in [0.25, 0.3) is 0 Å². The Bertz CT molecular complexity index is 408. The Balaban J connectivity index is 2.53. The maximum absolute atomic E-state index is 13.3. The molecule has 0 saturated carbocycles. The van der Waals surface area contributed by atoms with E-state index >= 15 is 0 Å². The number of hydrogen-bond acceptors (Lipinski definition) is 1. The lowest BCUT2D eigenvalue weighted by atomic mass is 9.97. The van der Waals surface area contributed by atoms with E-state index in [2.05, 4.69) is 15.9 Å². The van der Waals surface area contributed by atoms with Gasteiger partial charge in [0, 0.05) is 11.7 Å². The monoisotopic (exact) mass is 271 g/mol. The van der Waals surface area contributed by atoms with Crippen molar-refractivity contribution in [2.24, 2.45) is 0 Å². The smallest absolute Gasteiger partial charge is 0.214 e. The van der Waals surface area contributed by atoms with Gasteiger partial charge in [0.2, 0.25) is 6.41 Å². The molecule has 0 saturated heterocycles. The largest absolute Gasteiger partial charge is 0.312 e. The molecule has 0 spiro atoms. The van der Waals surface area contributed by atoms with Crippen LogP contribution < -0.4 is 4.90 Å². The molecule has 0 aliphatic carbocycles. The van der Waals surface area contributed by atoms with E-state index in [-0.39, 0.29) is 11.9 Å². The van der Waals surface area contributed by atoms with Gasteiger partial charge in [-0.3, -0.25) is 4.79 Å². The molecule has 1 unspecified atom stereocenters. The Morgan fingerprint density at radius 3 is 3.00 bits per heavy atom. The minimum atomic E-state index is -0.269. The molecule has 1 aromatic carbocycles. The van der Waals surface area contributed by atoms with E-state index in [1.807, 2.05) is 6.92 Å². The molecule has 1 aliphatic rings. The highest BCUT2D eigenvalue weighted by molar-refractivity contribution is 9.10. The third-order valence-corrected chi connectivity index (χ3v) is 3.43. The van der Waals surface area contributed by atoms with Gasteiger partial charge in [0.1, 0.15) is 5.82 Å². The molecule has 1 amide bonds. The number of carbonyl (C=O) groups is 1. The summed E-state index contributed by atoms with van der Waals surface area (Å²) in [5.74, 6) is -0.269. The summed E-state index contributed by atoms with van der Waals surface area (Å²) in [6.07, 6.45) is 2.52. The Hall–Kier alpha value is -0.900. The maximum atomic E-state index is 13.3. The Morgan fingerprint density at radius 1 is 1.60 bits per heavy atom. The SMILES string of the molecule is CC1CCc2cc(F)c(Br)cc2N1C=O. The van der Waals surface area contributed by atoms with Crippen molar-refractivity contribution < 1.29 is 9.18 Å². The Labute approximate surface area is 96.2 Å². The third-order valence-electron chi connectivity index (χ3n) is 2.82. The van der Waals surface area contributed by atoms with Gasteiger partial charge < -0.3 is 4.90 Å². The van der Waals surface area contributed by atoms with Crippen molar-refractivity contribution in [1.29, 1.82) is 0 Å². The molecule has 0 N–H and O–H groups in total. The molecule has 1 aliphatic heterocycles. The quantitative estimate of drug-likeness (QED) is 0.720. The van der Waals surface area contributed by atoms with Gasteiger partial charge in [-0.2, -0.15) is 0 Å². The Morgan fingerprint density at radius 2 is 2.33 bits per heavy atom. The first kappa shape index (κ1) is 10.6. The van der Waals surface area contributed by atoms with Crippen molar-refractivity contribution in [3.05, 3.63) is 28.0 Å². The fourth-order valence-electron chi connectivity index (χ4n) is 1.92. The van der Waals surface area contributed by atoms with Crippen LogP contribution >= 0.6 is 15.9 Å². The Kier molecular flexibility index (Phi) is 2.78. The predicted octanol–water partition coefficient (Wildman–Crippen LogP) is 2.89. The normalized spacial score (nSPS) is 19.9. The minimum absolute atomic E-state index is 0.187. The summed E-state index contributed by atoms with van der Waals surface area (Å²) < 4.78 is 13.7. The van der Waals surface area contributed by atoms with Gasteiger partial charge in [0.05, 0.1) is 4.47 Å². The lowest BCUT2D eigenvalue weighted by molar-refractivity contribution is -0.107. The minimum Gasteiger partial charge on any atom is -0.312 e. The average molecular weight is 272 g/mol. The molecule has 4 heteroatoms. The van der Waals surface area contributed by atoms with E-state index in [9.17, 15) is 9.18 Å². The van der Waals surface area contributed by atoms with Crippen LogP contribution in [0.15, 0.2) is 16.6 Å². The lowest BCUT2D eigenvalue weighted by Gasteiger charge is -2.32. The zero-order valence-corrected chi connectivity index (χ0v) is 9.92. The highest BCUT2D eigenvalue weighted by atomic mass is 79.9. The molecule has 1 atom stereocenters. The van der Waals surface area contributed by atoms with E-state index in [4.69, 9.17) is 0 Å². The first-order chi connectivity index (χ1) is 7.13. The van der Waals surface area contributed by atoms with E-state index < -0.39 is 0 Å². The molecule has 2 rings (SSSR count). The van der Waals surface area contributed by atoms with Crippen LogP contribution in [0.2, 0.25) is 0 Å². The molecule has 15 heavy (non-hydrogen) atoms. The lowest BCUT2D eigenvalue weighted by Crippen LogP contribution is -2.36. The molecule has 0 aromatic heterocycles. The zero-order chi connectivity index (χ0) is 11.0. The number of benzene rings is 1. The summed E-state index contributed by atoms with van der Waals surface area (Å²) in [7, 11) is 0. The molecular weight excluding hydrogens is 261 g/mol. The number of aryl methyl sites for hydroxylation is 1. The number of nitrogens with zero attached hydrogens (tertiary/aromatic N) is 1. The highest BCUT2D eigenvalue weighted by Gasteiger charge is 2.23. The summed E-state index contributed by atoms with van der Waals surface area (Å²) in [6.45, 7) is 1.99. The first-order valence-electron chi connectivity index (χ1n) is 4.85. The van der Waals surface area contributed by atoms with Crippen LogP contribution in [0, 0.1) is 5.82 Å². The van der Waals surface area contributed by atoms with Gasteiger partial charge in [0.25, 0.3) is 0 Å².